The molecule has 1 heterocycles. The van der Waals surface area contributed by atoms with Crippen molar-refractivity contribution in [3.05, 3.63) is 21.8 Å². The number of hydrogen-bond acceptors (Lipinski definition) is 6. The first-order valence-corrected chi connectivity index (χ1v) is 6.50. The number of nitriles is 3. The van der Waals surface area contributed by atoms with Gasteiger partial charge in [-0.1, -0.05) is 11.6 Å². The van der Waals surface area contributed by atoms with E-state index in [0.29, 0.717) is 0 Å². The van der Waals surface area contributed by atoms with Crippen LogP contribution in [0.3, 0.4) is 0 Å². The predicted octanol–water partition coefficient (Wildman–Crippen LogP) is 2.89. The summed E-state index contributed by atoms with van der Waals surface area (Å²) in [6.45, 7) is 5.04. The normalized spacial score (nSPS) is 10.0. The Kier molecular flexibility index (Phi) is 5.29. The van der Waals surface area contributed by atoms with Crippen molar-refractivity contribution in [1.82, 2.24) is 4.98 Å². The molecule has 22 heavy (non-hydrogen) atoms. The average molecular weight is 318 g/mol. The van der Waals surface area contributed by atoms with Crippen LogP contribution in [0, 0.1) is 34.0 Å². The summed E-state index contributed by atoms with van der Waals surface area (Å²) in [6, 6.07) is 5.47. The van der Waals surface area contributed by atoms with Crippen LogP contribution in [0.25, 0.3) is 0 Å². The van der Waals surface area contributed by atoms with Crippen LogP contribution in [-0.4, -0.2) is 16.7 Å². The number of nitrogens with one attached hydrogen (secondary N) is 1. The Morgan fingerprint density at radius 2 is 1.86 bits per heavy atom. The van der Waals surface area contributed by atoms with Crippen LogP contribution in [0.2, 0.25) is 5.15 Å². The first kappa shape index (κ1) is 17.2. The fourth-order valence-corrected chi connectivity index (χ4v) is 1.82. The molecule has 0 unspecified atom stereocenters. The number of hydrogen-bond donors (Lipinski definition) is 1. The second-order valence-corrected chi connectivity index (χ2v) is 5.52. The molecule has 0 bridgehead atoms. The number of nitrogens with zero attached hydrogens (tertiary/aromatic N) is 4. The maximum absolute atomic E-state index is 11.8. The second kappa shape index (κ2) is 6.76. The molecule has 0 atom stereocenters. The van der Waals surface area contributed by atoms with Crippen LogP contribution >= 0.6 is 11.6 Å². The summed E-state index contributed by atoms with van der Waals surface area (Å²) in [6.07, 6.45) is -1.03. The minimum Gasteiger partial charge on any atom is -0.444 e. The van der Waals surface area contributed by atoms with Crippen LogP contribution in [0.1, 0.15) is 37.5 Å². The molecule has 1 aromatic heterocycles. The lowest BCUT2D eigenvalue weighted by Gasteiger charge is -2.20. The molecule has 7 nitrogen and oxygen atoms in total. The van der Waals surface area contributed by atoms with Gasteiger partial charge in [-0.05, 0) is 20.8 Å². The van der Waals surface area contributed by atoms with Gasteiger partial charge in [0.2, 0.25) is 0 Å². The SMILES string of the molecule is CC(C)(C)OC(=O)Nc1nc(Cl)c(C#N)c(CC#N)c1C#N. The summed E-state index contributed by atoms with van der Waals surface area (Å²) in [5, 5.41) is 29.3. The highest BCUT2D eigenvalue weighted by atomic mass is 35.5. The lowest BCUT2D eigenvalue weighted by Crippen LogP contribution is -2.28. The van der Waals surface area contributed by atoms with Gasteiger partial charge in [-0.3, -0.25) is 5.32 Å². The summed E-state index contributed by atoms with van der Waals surface area (Å²) in [5.41, 5.74) is -0.760. The molecule has 1 N–H and O–H groups in total. The van der Waals surface area contributed by atoms with Crippen molar-refractivity contribution >= 4 is 23.5 Å². The van der Waals surface area contributed by atoms with Gasteiger partial charge < -0.3 is 4.74 Å². The van der Waals surface area contributed by atoms with Gasteiger partial charge in [0.25, 0.3) is 0 Å². The van der Waals surface area contributed by atoms with E-state index < -0.39 is 11.7 Å². The molecular formula is C14H12ClN5O2. The average Bonchev–Trinajstić information content (AvgIpc) is 2.37. The number of carbonyl (C=O) groups is 1. The Morgan fingerprint density at radius 1 is 1.27 bits per heavy atom. The standard InChI is InChI=1S/C14H12ClN5O2/c1-14(2,3)22-13(21)20-12-10(7-18)8(4-5-16)9(6-17)11(15)19-12/h4H2,1-3H3,(H,19,20,21). The zero-order chi connectivity index (χ0) is 16.9. The Balaban J connectivity index is 3.33. The van der Waals surface area contributed by atoms with Crippen LogP contribution < -0.4 is 5.32 Å². The molecule has 0 aliphatic rings. The topological polar surface area (TPSA) is 123 Å². The largest absolute Gasteiger partial charge is 0.444 e. The van der Waals surface area contributed by atoms with Crippen molar-refractivity contribution in [1.29, 1.82) is 15.8 Å². The number of rotatable bonds is 2. The smallest absolute Gasteiger partial charge is 0.413 e. The molecule has 0 aliphatic heterocycles. The van der Waals surface area contributed by atoms with E-state index in [2.05, 4.69) is 10.3 Å². The highest BCUT2D eigenvalue weighted by Crippen LogP contribution is 2.27. The quantitative estimate of drug-likeness (QED) is 0.836. The summed E-state index contributed by atoms with van der Waals surface area (Å²) in [4.78, 5) is 15.6. The van der Waals surface area contributed by atoms with E-state index in [1.165, 1.54) is 0 Å². The first-order valence-electron chi connectivity index (χ1n) is 6.13. The maximum Gasteiger partial charge on any atom is 0.413 e. The van der Waals surface area contributed by atoms with Gasteiger partial charge in [0.15, 0.2) is 5.82 Å². The number of pyridine rings is 1. The lowest BCUT2D eigenvalue weighted by atomic mass is 10.0. The van der Waals surface area contributed by atoms with Crippen molar-refractivity contribution in [2.45, 2.75) is 32.8 Å². The van der Waals surface area contributed by atoms with Crippen LogP contribution in [0.5, 0.6) is 0 Å². The van der Waals surface area contributed by atoms with Gasteiger partial charge >= 0.3 is 6.09 Å². The van der Waals surface area contributed by atoms with Crippen LogP contribution in [0.4, 0.5) is 10.6 Å². The van der Waals surface area contributed by atoms with Crippen molar-refractivity contribution in [3.8, 4) is 18.2 Å². The molecule has 112 valence electrons. The highest BCUT2D eigenvalue weighted by molar-refractivity contribution is 6.30. The number of ether oxygens (including phenoxy) is 1. The van der Waals surface area contributed by atoms with Crippen molar-refractivity contribution in [2.24, 2.45) is 0 Å². The van der Waals surface area contributed by atoms with Crippen LogP contribution in [0.15, 0.2) is 0 Å². The Hall–Kier alpha value is -2.82. The van der Waals surface area contributed by atoms with E-state index in [1.54, 1.807) is 26.8 Å². The predicted molar refractivity (Wildman–Crippen MR) is 77.9 cm³/mol. The molecule has 1 rings (SSSR count). The van der Waals surface area contributed by atoms with E-state index in [-0.39, 0.29) is 34.1 Å². The summed E-state index contributed by atoms with van der Waals surface area (Å²) in [7, 11) is 0. The van der Waals surface area contributed by atoms with E-state index in [1.807, 2.05) is 12.1 Å². The molecule has 0 radical (unpaired) electrons. The fraction of sp³-hybridized carbons (Fsp3) is 0.357. The van der Waals surface area contributed by atoms with Crippen molar-refractivity contribution < 1.29 is 9.53 Å². The Morgan fingerprint density at radius 3 is 2.32 bits per heavy atom. The van der Waals surface area contributed by atoms with Crippen molar-refractivity contribution in [2.75, 3.05) is 5.32 Å². The molecular weight excluding hydrogens is 306 g/mol. The number of halogens is 1. The van der Waals surface area contributed by atoms with Gasteiger partial charge in [-0.15, -0.1) is 0 Å². The summed E-state index contributed by atoms with van der Waals surface area (Å²) in [5.74, 6) is -0.147. The number of aromatic nitrogens is 1. The molecule has 0 spiro atoms. The summed E-state index contributed by atoms with van der Waals surface area (Å²) >= 11 is 5.87. The maximum atomic E-state index is 11.8. The highest BCUT2D eigenvalue weighted by Gasteiger charge is 2.22. The number of carbonyl (C=O) groups excluding carboxylic acids is 1. The van der Waals surface area contributed by atoms with Gasteiger partial charge in [0.1, 0.15) is 28.5 Å². The minimum absolute atomic E-state index is 0.0606. The van der Waals surface area contributed by atoms with Gasteiger partial charge in [-0.25, -0.2) is 9.78 Å². The monoisotopic (exact) mass is 317 g/mol. The van der Waals surface area contributed by atoms with E-state index in [9.17, 15) is 10.1 Å². The zero-order valence-electron chi connectivity index (χ0n) is 12.2. The third-order valence-corrected chi connectivity index (χ3v) is 2.63. The zero-order valence-corrected chi connectivity index (χ0v) is 12.9. The molecule has 1 amide bonds. The second-order valence-electron chi connectivity index (χ2n) is 5.17. The van der Waals surface area contributed by atoms with Gasteiger partial charge in [-0.2, -0.15) is 15.8 Å². The molecule has 0 saturated carbocycles. The number of amides is 1. The Labute approximate surface area is 132 Å². The number of anilines is 1. The van der Waals surface area contributed by atoms with E-state index >= 15 is 0 Å². The van der Waals surface area contributed by atoms with Gasteiger partial charge in [0, 0.05) is 5.56 Å². The molecule has 0 saturated heterocycles. The summed E-state index contributed by atoms with van der Waals surface area (Å²) < 4.78 is 5.06. The molecule has 1 aromatic rings. The first-order chi connectivity index (χ1) is 10.2. The van der Waals surface area contributed by atoms with Crippen LogP contribution in [-0.2, 0) is 11.2 Å². The van der Waals surface area contributed by atoms with E-state index in [0.717, 1.165) is 0 Å². The Bertz CT molecular complexity index is 732. The third kappa shape index (κ3) is 4.09. The molecule has 0 fully saturated rings. The molecule has 0 aromatic carbocycles. The lowest BCUT2D eigenvalue weighted by molar-refractivity contribution is 0.0635. The van der Waals surface area contributed by atoms with Gasteiger partial charge in [0.05, 0.1) is 18.1 Å². The third-order valence-electron chi connectivity index (χ3n) is 2.36. The molecule has 0 aliphatic carbocycles. The van der Waals surface area contributed by atoms with E-state index in [4.69, 9.17) is 26.9 Å². The minimum atomic E-state index is -0.819. The van der Waals surface area contributed by atoms with Crippen molar-refractivity contribution in [3.63, 3.8) is 0 Å². The fourth-order valence-electron chi connectivity index (χ4n) is 1.58. The molecule has 8 heteroatoms.